The summed E-state index contributed by atoms with van der Waals surface area (Å²) in [5, 5.41) is 13.0. The predicted octanol–water partition coefficient (Wildman–Crippen LogP) is 3.97. The summed E-state index contributed by atoms with van der Waals surface area (Å²) in [7, 11) is 0. The maximum atomic E-state index is 9.15. The lowest BCUT2D eigenvalue weighted by molar-refractivity contribution is 1.24. The van der Waals surface area contributed by atoms with Crippen molar-refractivity contribution >= 4 is 23.1 Å². The minimum atomic E-state index is 0.553. The van der Waals surface area contributed by atoms with E-state index in [0.29, 0.717) is 16.4 Å². The summed E-state index contributed by atoms with van der Waals surface area (Å²) in [6.07, 6.45) is 1.68. The standard InChI is InChI=1S/C14H12ClN3/c1-9-6-7-17-14(11(9)8-16)18-13-5-3-4-12(15)10(13)2/h3-7H,1-2H3,(H,17,18). The number of nitrogens with zero attached hydrogens (tertiary/aromatic N) is 2. The monoisotopic (exact) mass is 257 g/mol. The van der Waals surface area contributed by atoms with Gasteiger partial charge in [-0.05, 0) is 43.2 Å². The van der Waals surface area contributed by atoms with Crippen molar-refractivity contribution in [3.05, 3.63) is 52.2 Å². The van der Waals surface area contributed by atoms with Crippen LogP contribution in [0.4, 0.5) is 11.5 Å². The van der Waals surface area contributed by atoms with Gasteiger partial charge in [-0.15, -0.1) is 0 Å². The molecule has 0 aliphatic rings. The summed E-state index contributed by atoms with van der Waals surface area (Å²) in [5.41, 5.74) is 3.25. The molecule has 0 aliphatic carbocycles. The third-order valence-corrected chi connectivity index (χ3v) is 3.20. The first-order valence-corrected chi connectivity index (χ1v) is 5.89. The molecule has 90 valence electrons. The van der Waals surface area contributed by atoms with Crippen LogP contribution in [0.15, 0.2) is 30.5 Å². The predicted molar refractivity (Wildman–Crippen MR) is 73.2 cm³/mol. The SMILES string of the molecule is Cc1ccnc(Nc2cccc(Cl)c2C)c1C#N. The molecule has 1 aromatic heterocycles. The van der Waals surface area contributed by atoms with E-state index in [1.807, 2.05) is 38.1 Å². The van der Waals surface area contributed by atoms with E-state index in [4.69, 9.17) is 16.9 Å². The van der Waals surface area contributed by atoms with E-state index >= 15 is 0 Å². The molecule has 0 radical (unpaired) electrons. The molecule has 3 nitrogen and oxygen atoms in total. The van der Waals surface area contributed by atoms with Crippen LogP contribution in [0.25, 0.3) is 0 Å². The number of halogens is 1. The van der Waals surface area contributed by atoms with Gasteiger partial charge in [-0.2, -0.15) is 5.26 Å². The lowest BCUT2D eigenvalue weighted by Crippen LogP contribution is -2.00. The van der Waals surface area contributed by atoms with Gasteiger partial charge in [-0.3, -0.25) is 0 Å². The van der Waals surface area contributed by atoms with Crippen molar-refractivity contribution in [3.8, 4) is 6.07 Å². The van der Waals surface area contributed by atoms with E-state index < -0.39 is 0 Å². The fourth-order valence-corrected chi connectivity index (χ4v) is 1.84. The van der Waals surface area contributed by atoms with Gasteiger partial charge < -0.3 is 5.32 Å². The largest absolute Gasteiger partial charge is 0.339 e. The van der Waals surface area contributed by atoms with Crippen LogP contribution in [0.5, 0.6) is 0 Å². The Labute approximate surface area is 111 Å². The third-order valence-electron chi connectivity index (χ3n) is 2.79. The molecule has 0 fully saturated rings. The van der Waals surface area contributed by atoms with E-state index in [1.165, 1.54) is 0 Å². The Bertz CT molecular complexity index is 629. The minimum Gasteiger partial charge on any atom is -0.339 e. The van der Waals surface area contributed by atoms with Crippen molar-refractivity contribution in [1.29, 1.82) is 5.26 Å². The van der Waals surface area contributed by atoms with Crippen LogP contribution in [0.3, 0.4) is 0 Å². The molecule has 0 unspecified atom stereocenters. The summed E-state index contributed by atoms with van der Waals surface area (Å²) in [5.74, 6) is 0.558. The van der Waals surface area contributed by atoms with Crippen LogP contribution >= 0.6 is 11.6 Å². The first-order chi connectivity index (χ1) is 8.63. The number of aryl methyl sites for hydroxylation is 1. The molecular formula is C14H12ClN3. The molecule has 0 saturated heterocycles. The molecule has 1 aromatic carbocycles. The second-order valence-electron chi connectivity index (χ2n) is 4.00. The van der Waals surface area contributed by atoms with Crippen LogP contribution < -0.4 is 5.32 Å². The van der Waals surface area contributed by atoms with Crippen LogP contribution in [-0.4, -0.2) is 4.98 Å². The minimum absolute atomic E-state index is 0.553. The average molecular weight is 258 g/mol. The van der Waals surface area contributed by atoms with Gasteiger partial charge in [0.1, 0.15) is 11.9 Å². The van der Waals surface area contributed by atoms with E-state index in [0.717, 1.165) is 16.8 Å². The van der Waals surface area contributed by atoms with Gasteiger partial charge in [-0.1, -0.05) is 17.7 Å². The molecule has 0 amide bonds. The highest BCUT2D eigenvalue weighted by Gasteiger charge is 2.08. The Kier molecular flexibility index (Phi) is 3.50. The van der Waals surface area contributed by atoms with E-state index in [9.17, 15) is 0 Å². The van der Waals surface area contributed by atoms with Gasteiger partial charge in [0.2, 0.25) is 0 Å². The molecule has 0 atom stereocenters. The number of hydrogen-bond acceptors (Lipinski definition) is 3. The van der Waals surface area contributed by atoms with Crippen molar-refractivity contribution in [2.75, 3.05) is 5.32 Å². The highest BCUT2D eigenvalue weighted by Crippen LogP contribution is 2.27. The maximum absolute atomic E-state index is 9.15. The molecule has 2 aromatic rings. The molecule has 0 spiro atoms. The highest BCUT2D eigenvalue weighted by molar-refractivity contribution is 6.31. The van der Waals surface area contributed by atoms with Gasteiger partial charge in [0.15, 0.2) is 0 Å². The lowest BCUT2D eigenvalue weighted by Gasteiger charge is -2.11. The normalized spacial score (nSPS) is 9.89. The van der Waals surface area contributed by atoms with Crippen molar-refractivity contribution in [1.82, 2.24) is 4.98 Å². The fourth-order valence-electron chi connectivity index (χ4n) is 1.66. The number of benzene rings is 1. The Morgan fingerprint density at radius 2 is 2.06 bits per heavy atom. The second-order valence-corrected chi connectivity index (χ2v) is 4.41. The summed E-state index contributed by atoms with van der Waals surface area (Å²) in [6, 6.07) is 9.57. The van der Waals surface area contributed by atoms with Gasteiger partial charge in [-0.25, -0.2) is 4.98 Å². The van der Waals surface area contributed by atoms with Gasteiger partial charge >= 0.3 is 0 Å². The van der Waals surface area contributed by atoms with Gasteiger partial charge in [0.25, 0.3) is 0 Å². The summed E-state index contributed by atoms with van der Waals surface area (Å²) in [6.45, 7) is 3.81. The van der Waals surface area contributed by atoms with Crippen LogP contribution in [-0.2, 0) is 0 Å². The zero-order valence-corrected chi connectivity index (χ0v) is 10.9. The first kappa shape index (κ1) is 12.4. The van der Waals surface area contributed by atoms with Crippen LogP contribution in [0.2, 0.25) is 5.02 Å². The van der Waals surface area contributed by atoms with E-state index in [2.05, 4.69) is 16.4 Å². The quantitative estimate of drug-likeness (QED) is 0.886. The summed E-state index contributed by atoms with van der Waals surface area (Å²) < 4.78 is 0. The smallest absolute Gasteiger partial charge is 0.148 e. The molecule has 18 heavy (non-hydrogen) atoms. The molecule has 4 heteroatoms. The van der Waals surface area contributed by atoms with Gasteiger partial charge in [0.05, 0.1) is 5.56 Å². The number of hydrogen-bond donors (Lipinski definition) is 1. The van der Waals surface area contributed by atoms with Crippen molar-refractivity contribution < 1.29 is 0 Å². The number of nitriles is 1. The third kappa shape index (κ3) is 2.29. The zero-order chi connectivity index (χ0) is 13.1. The highest BCUT2D eigenvalue weighted by atomic mass is 35.5. The summed E-state index contributed by atoms with van der Waals surface area (Å²) >= 11 is 6.06. The van der Waals surface area contributed by atoms with Crippen molar-refractivity contribution in [3.63, 3.8) is 0 Å². The average Bonchev–Trinajstić information content (AvgIpc) is 2.35. The maximum Gasteiger partial charge on any atom is 0.148 e. The van der Waals surface area contributed by atoms with Crippen LogP contribution in [0, 0.1) is 25.2 Å². The molecular weight excluding hydrogens is 246 g/mol. The molecule has 0 bridgehead atoms. The second kappa shape index (κ2) is 5.07. The molecule has 2 rings (SSSR count). The Hall–Kier alpha value is -2.05. The van der Waals surface area contributed by atoms with Crippen molar-refractivity contribution in [2.24, 2.45) is 0 Å². The Balaban J connectivity index is 2.44. The van der Waals surface area contributed by atoms with Crippen molar-refractivity contribution in [2.45, 2.75) is 13.8 Å². The molecule has 0 aliphatic heterocycles. The molecule has 0 saturated carbocycles. The number of aromatic nitrogens is 1. The molecule has 1 N–H and O–H groups in total. The zero-order valence-electron chi connectivity index (χ0n) is 10.2. The molecule has 1 heterocycles. The van der Waals surface area contributed by atoms with E-state index in [1.54, 1.807) is 6.20 Å². The topological polar surface area (TPSA) is 48.7 Å². The number of anilines is 2. The van der Waals surface area contributed by atoms with Gasteiger partial charge in [0, 0.05) is 16.9 Å². The summed E-state index contributed by atoms with van der Waals surface area (Å²) in [4.78, 5) is 4.20. The van der Waals surface area contributed by atoms with Crippen LogP contribution in [0.1, 0.15) is 16.7 Å². The number of rotatable bonds is 2. The van der Waals surface area contributed by atoms with E-state index in [-0.39, 0.29) is 0 Å². The number of nitrogens with one attached hydrogen (secondary N) is 1. The fraction of sp³-hybridized carbons (Fsp3) is 0.143. The Morgan fingerprint density at radius 1 is 1.28 bits per heavy atom. The number of pyridine rings is 1. The lowest BCUT2D eigenvalue weighted by atomic mass is 10.1. The first-order valence-electron chi connectivity index (χ1n) is 5.51. The Morgan fingerprint density at radius 3 is 2.78 bits per heavy atom.